The zero-order chi connectivity index (χ0) is 14.9. The molecule has 0 aromatic carbocycles. The zero-order valence-electron chi connectivity index (χ0n) is 11.9. The molecule has 112 valence electrons. The Morgan fingerprint density at radius 1 is 1.45 bits per heavy atom. The van der Waals surface area contributed by atoms with Gasteiger partial charge in [0.1, 0.15) is 13.1 Å². The monoisotopic (exact) mass is 283 g/mol. The number of imide groups is 1. The Hall–Kier alpha value is -1.63. The molecule has 0 spiro atoms. The Kier molecular flexibility index (Phi) is 3.99. The van der Waals surface area contributed by atoms with Crippen LogP contribution in [0, 0.1) is 5.41 Å². The molecule has 4 amide bonds. The number of nitrogens with zero attached hydrogens (tertiary/aromatic N) is 2. The fourth-order valence-corrected chi connectivity index (χ4v) is 2.79. The Balaban J connectivity index is 1.98. The summed E-state index contributed by atoms with van der Waals surface area (Å²) in [7, 11) is 0. The predicted molar refractivity (Wildman–Crippen MR) is 70.7 cm³/mol. The quantitative estimate of drug-likeness (QED) is 0.672. The van der Waals surface area contributed by atoms with E-state index >= 15 is 0 Å². The van der Waals surface area contributed by atoms with E-state index in [0.29, 0.717) is 25.9 Å². The van der Waals surface area contributed by atoms with Gasteiger partial charge in [-0.25, -0.2) is 4.79 Å². The fourth-order valence-electron chi connectivity index (χ4n) is 2.79. The van der Waals surface area contributed by atoms with Gasteiger partial charge in [-0.3, -0.25) is 14.9 Å². The van der Waals surface area contributed by atoms with Gasteiger partial charge in [-0.05, 0) is 18.3 Å². The summed E-state index contributed by atoms with van der Waals surface area (Å²) in [6.45, 7) is 4.88. The second-order valence-corrected chi connectivity index (χ2v) is 6.34. The SMILES string of the molecule is CC1(C)C[C@H](O)CCN(C(=O)CN2CC(=O)NC2=O)C1. The van der Waals surface area contributed by atoms with Crippen LogP contribution < -0.4 is 5.32 Å². The molecule has 0 aromatic heterocycles. The number of hydrogen-bond acceptors (Lipinski definition) is 4. The lowest BCUT2D eigenvalue weighted by molar-refractivity contribution is -0.132. The predicted octanol–water partition coefficient (Wildman–Crippen LogP) is -0.452. The normalized spacial score (nSPS) is 26.4. The maximum absolute atomic E-state index is 12.3. The average molecular weight is 283 g/mol. The molecule has 0 saturated carbocycles. The van der Waals surface area contributed by atoms with Crippen molar-refractivity contribution >= 4 is 17.8 Å². The molecule has 0 radical (unpaired) electrons. The molecule has 2 saturated heterocycles. The molecule has 2 N–H and O–H groups in total. The first-order chi connectivity index (χ1) is 9.27. The Labute approximate surface area is 117 Å². The third-order valence-corrected chi connectivity index (χ3v) is 3.69. The summed E-state index contributed by atoms with van der Waals surface area (Å²) >= 11 is 0. The van der Waals surface area contributed by atoms with Crippen molar-refractivity contribution < 1.29 is 19.5 Å². The third kappa shape index (κ3) is 3.47. The highest BCUT2D eigenvalue weighted by molar-refractivity contribution is 6.03. The number of hydrogen-bond donors (Lipinski definition) is 2. The van der Waals surface area contributed by atoms with Crippen LogP contribution in [0.25, 0.3) is 0 Å². The summed E-state index contributed by atoms with van der Waals surface area (Å²) in [5.41, 5.74) is -0.158. The molecule has 0 unspecified atom stereocenters. The maximum Gasteiger partial charge on any atom is 0.325 e. The lowest BCUT2D eigenvalue weighted by Gasteiger charge is -2.30. The lowest BCUT2D eigenvalue weighted by atomic mass is 9.87. The van der Waals surface area contributed by atoms with E-state index in [1.807, 2.05) is 13.8 Å². The minimum Gasteiger partial charge on any atom is -0.393 e. The Morgan fingerprint density at radius 2 is 2.15 bits per heavy atom. The molecule has 2 heterocycles. The van der Waals surface area contributed by atoms with E-state index in [1.54, 1.807) is 4.90 Å². The van der Waals surface area contributed by atoms with Gasteiger partial charge in [0.25, 0.3) is 0 Å². The number of rotatable bonds is 2. The summed E-state index contributed by atoms with van der Waals surface area (Å²) in [4.78, 5) is 37.7. The van der Waals surface area contributed by atoms with Gasteiger partial charge in [0.05, 0.1) is 6.10 Å². The van der Waals surface area contributed by atoms with E-state index in [-0.39, 0.29) is 30.3 Å². The molecule has 0 bridgehead atoms. The number of carbonyl (C=O) groups is 3. The number of aliphatic hydroxyl groups excluding tert-OH is 1. The molecular formula is C13H21N3O4. The maximum atomic E-state index is 12.3. The highest BCUT2D eigenvalue weighted by Gasteiger charge is 2.34. The number of aliphatic hydroxyl groups is 1. The van der Waals surface area contributed by atoms with Crippen molar-refractivity contribution in [3.8, 4) is 0 Å². The standard InChI is InChI=1S/C13H21N3O4/c1-13(2)5-9(17)3-4-15(8-13)11(19)7-16-6-10(18)14-12(16)20/h9,17H,3-8H2,1-2H3,(H,14,18,20)/t9-/m1/s1. The van der Waals surface area contributed by atoms with E-state index < -0.39 is 12.1 Å². The van der Waals surface area contributed by atoms with Gasteiger partial charge in [0.2, 0.25) is 11.8 Å². The molecule has 0 aromatic rings. The summed E-state index contributed by atoms with van der Waals surface area (Å²) in [6.07, 6.45) is 0.791. The molecule has 7 nitrogen and oxygen atoms in total. The van der Waals surface area contributed by atoms with Crippen molar-refractivity contribution in [1.29, 1.82) is 0 Å². The summed E-state index contributed by atoms with van der Waals surface area (Å²) < 4.78 is 0. The molecule has 20 heavy (non-hydrogen) atoms. The van der Waals surface area contributed by atoms with Gasteiger partial charge in [0.15, 0.2) is 0 Å². The van der Waals surface area contributed by atoms with Gasteiger partial charge in [0, 0.05) is 13.1 Å². The van der Waals surface area contributed by atoms with Gasteiger partial charge in [-0.2, -0.15) is 0 Å². The zero-order valence-corrected chi connectivity index (χ0v) is 11.9. The van der Waals surface area contributed by atoms with Crippen LogP contribution in [0.3, 0.4) is 0 Å². The fraction of sp³-hybridized carbons (Fsp3) is 0.769. The number of likely N-dealkylation sites (tertiary alicyclic amines) is 1. The largest absolute Gasteiger partial charge is 0.393 e. The van der Waals surface area contributed by atoms with Crippen LogP contribution in [0.15, 0.2) is 0 Å². The highest BCUT2D eigenvalue weighted by Crippen LogP contribution is 2.28. The molecule has 2 rings (SSSR count). The molecule has 7 heteroatoms. The Morgan fingerprint density at radius 3 is 2.75 bits per heavy atom. The minimum absolute atomic E-state index is 0.0650. The third-order valence-electron chi connectivity index (χ3n) is 3.69. The van der Waals surface area contributed by atoms with Crippen molar-refractivity contribution in [3.63, 3.8) is 0 Å². The van der Waals surface area contributed by atoms with Gasteiger partial charge in [-0.1, -0.05) is 13.8 Å². The molecule has 1 atom stereocenters. The van der Waals surface area contributed by atoms with E-state index in [0.717, 1.165) is 0 Å². The van der Waals surface area contributed by atoms with Crippen LogP contribution in [-0.2, 0) is 9.59 Å². The summed E-state index contributed by atoms with van der Waals surface area (Å²) in [5, 5.41) is 12.0. The number of carbonyl (C=O) groups excluding carboxylic acids is 3. The van der Waals surface area contributed by atoms with Crippen molar-refractivity contribution in [2.75, 3.05) is 26.2 Å². The van der Waals surface area contributed by atoms with Crippen LogP contribution in [0.1, 0.15) is 26.7 Å². The number of amides is 4. The molecular weight excluding hydrogens is 262 g/mol. The van der Waals surface area contributed by atoms with Crippen molar-refractivity contribution in [3.05, 3.63) is 0 Å². The number of nitrogens with one attached hydrogen (secondary N) is 1. The second-order valence-electron chi connectivity index (χ2n) is 6.34. The van der Waals surface area contributed by atoms with Gasteiger partial charge in [-0.15, -0.1) is 0 Å². The van der Waals surface area contributed by atoms with Crippen molar-refractivity contribution in [2.45, 2.75) is 32.8 Å². The van der Waals surface area contributed by atoms with Crippen LogP contribution in [0.5, 0.6) is 0 Å². The highest BCUT2D eigenvalue weighted by atomic mass is 16.3. The van der Waals surface area contributed by atoms with E-state index in [1.165, 1.54) is 4.90 Å². The number of urea groups is 1. The van der Waals surface area contributed by atoms with Crippen LogP contribution in [0.4, 0.5) is 4.79 Å². The van der Waals surface area contributed by atoms with E-state index in [4.69, 9.17) is 0 Å². The molecule has 2 fully saturated rings. The molecule has 2 aliphatic heterocycles. The minimum atomic E-state index is -0.516. The van der Waals surface area contributed by atoms with Gasteiger partial charge >= 0.3 is 6.03 Å². The van der Waals surface area contributed by atoms with Gasteiger partial charge < -0.3 is 14.9 Å². The van der Waals surface area contributed by atoms with Crippen LogP contribution in [0.2, 0.25) is 0 Å². The summed E-state index contributed by atoms with van der Waals surface area (Å²) in [6, 6.07) is -0.516. The Bertz CT molecular complexity index is 435. The van der Waals surface area contributed by atoms with E-state index in [2.05, 4.69) is 5.32 Å². The van der Waals surface area contributed by atoms with Crippen molar-refractivity contribution in [1.82, 2.24) is 15.1 Å². The van der Waals surface area contributed by atoms with Crippen LogP contribution >= 0.6 is 0 Å². The smallest absolute Gasteiger partial charge is 0.325 e. The lowest BCUT2D eigenvalue weighted by Crippen LogP contribution is -2.44. The first-order valence-corrected chi connectivity index (χ1v) is 6.81. The first-order valence-electron chi connectivity index (χ1n) is 6.81. The first kappa shape index (κ1) is 14.8. The topological polar surface area (TPSA) is 89.9 Å². The van der Waals surface area contributed by atoms with Crippen molar-refractivity contribution in [2.24, 2.45) is 5.41 Å². The van der Waals surface area contributed by atoms with E-state index in [9.17, 15) is 19.5 Å². The molecule has 2 aliphatic rings. The van der Waals surface area contributed by atoms with Crippen LogP contribution in [-0.4, -0.2) is 65.0 Å². The summed E-state index contributed by atoms with van der Waals surface area (Å²) in [5.74, 6) is -0.563. The molecule has 0 aliphatic carbocycles. The average Bonchev–Trinajstić information content (AvgIpc) is 2.53. The second kappa shape index (κ2) is 5.40.